The highest BCUT2D eigenvalue weighted by molar-refractivity contribution is 6.33. The number of aromatic amines is 1. The molecule has 0 aliphatic carbocycles. The molecule has 4 rings (SSSR count). The predicted octanol–water partition coefficient (Wildman–Crippen LogP) is 3.90. The molecule has 0 bridgehead atoms. The number of piperidine rings is 1. The van der Waals surface area contributed by atoms with Gasteiger partial charge in [0.05, 0.1) is 29.7 Å². The van der Waals surface area contributed by atoms with Crippen LogP contribution in [0.15, 0.2) is 36.5 Å². The average Bonchev–Trinajstić information content (AvgIpc) is 3.32. The second-order valence-electron chi connectivity index (χ2n) is 7.53. The summed E-state index contributed by atoms with van der Waals surface area (Å²) in [5.74, 6) is -2.87. The summed E-state index contributed by atoms with van der Waals surface area (Å²) in [4.78, 5) is 31.0. The smallest absolute Gasteiger partial charge is 0.274 e. The van der Waals surface area contributed by atoms with E-state index >= 15 is 0 Å². The number of carbonyl (C=O) groups is 2. The van der Waals surface area contributed by atoms with Gasteiger partial charge in [0.25, 0.3) is 5.91 Å². The topological polar surface area (TPSA) is 100 Å². The molecule has 0 saturated carbocycles. The maximum Gasteiger partial charge on any atom is 0.274 e. The molecule has 2 amide bonds. The Morgan fingerprint density at radius 1 is 1.24 bits per heavy atom. The van der Waals surface area contributed by atoms with Gasteiger partial charge in [-0.2, -0.15) is 5.10 Å². The maximum atomic E-state index is 13.8. The molecule has 2 N–H and O–H groups in total. The molecule has 3 aromatic rings. The molecule has 0 unspecified atom stereocenters. The average molecular weight is 476 g/mol. The molecule has 172 valence electrons. The second kappa shape index (κ2) is 9.53. The Morgan fingerprint density at radius 3 is 2.73 bits per heavy atom. The zero-order valence-electron chi connectivity index (χ0n) is 17.6. The number of hydrogen-bond acceptors (Lipinski definition) is 5. The molecule has 3 heterocycles. The number of nitrogens with zero attached hydrogens (tertiary/aromatic N) is 3. The Balaban J connectivity index is 1.38. The minimum absolute atomic E-state index is 0.200. The van der Waals surface area contributed by atoms with Gasteiger partial charge < -0.3 is 15.0 Å². The summed E-state index contributed by atoms with van der Waals surface area (Å²) in [7, 11) is 1.49. The Morgan fingerprint density at radius 2 is 2.00 bits per heavy atom. The molecule has 0 radical (unpaired) electrons. The molecular weight excluding hydrogens is 456 g/mol. The van der Waals surface area contributed by atoms with Gasteiger partial charge in [0.15, 0.2) is 17.3 Å². The molecule has 1 saturated heterocycles. The van der Waals surface area contributed by atoms with Crippen LogP contribution in [0.3, 0.4) is 0 Å². The first-order valence-corrected chi connectivity index (χ1v) is 10.5. The Labute approximate surface area is 192 Å². The quantitative estimate of drug-likeness (QED) is 0.583. The van der Waals surface area contributed by atoms with E-state index in [4.69, 9.17) is 16.3 Å². The molecule has 1 aromatic carbocycles. The Hall–Kier alpha value is -3.53. The molecule has 11 heteroatoms. The molecule has 0 atom stereocenters. The summed E-state index contributed by atoms with van der Waals surface area (Å²) in [5.41, 5.74) is 1.14. The molecule has 2 aromatic heterocycles. The van der Waals surface area contributed by atoms with E-state index in [0.29, 0.717) is 48.1 Å². The number of H-pyrrole nitrogens is 1. The number of rotatable bonds is 5. The van der Waals surface area contributed by atoms with Crippen molar-refractivity contribution >= 4 is 29.1 Å². The lowest BCUT2D eigenvalue weighted by molar-refractivity contribution is -0.121. The number of aromatic nitrogens is 3. The zero-order valence-corrected chi connectivity index (χ0v) is 18.3. The lowest BCUT2D eigenvalue weighted by atomic mass is 9.95. The van der Waals surface area contributed by atoms with Crippen molar-refractivity contribution in [3.8, 4) is 17.1 Å². The van der Waals surface area contributed by atoms with E-state index in [-0.39, 0.29) is 17.3 Å². The Bertz CT molecular complexity index is 1190. The SMILES string of the molecule is COc1cc(-c2cc(C(=O)N3CCC(C(=O)Nc4cccc(F)c4F)CC3)n[nH]2)c(Cl)cn1. The number of amides is 2. The van der Waals surface area contributed by atoms with Crippen LogP contribution in [0.25, 0.3) is 11.3 Å². The third-order valence-electron chi connectivity index (χ3n) is 5.49. The number of anilines is 1. The van der Waals surface area contributed by atoms with Crippen LogP contribution in [0.4, 0.5) is 14.5 Å². The van der Waals surface area contributed by atoms with Gasteiger partial charge in [-0.3, -0.25) is 14.7 Å². The number of carbonyl (C=O) groups excluding carboxylic acids is 2. The highest BCUT2D eigenvalue weighted by Gasteiger charge is 2.29. The Kier molecular flexibility index (Phi) is 6.55. The van der Waals surface area contributed by atoms with Crippen LogP contribution >= 0.6 is 11.6 Å². The highest BCUT2D eigenvalue weighted by Crippen LogP contribution is 2.29. The number of pyridine rings is 1. The predicted molar refractivity (Wildman–Crippen MR) is 117 cm³/mol. The van der Waals surface area contributed by atoms with E-state index in [2.05, 4.69) is 20.5 Å². The van der Waals surface area contributed by atoms with E-state index in [1.54, 1.807) is 17.0 Å². The van der Waals surface area contributed by atoms with E-state index in [0.717, 1.165) is 6.07 Å². The number of methoxy groups -OCH3 is 1. The highest BCUT2D eigenvalue weighted by atomic mass is 35.5. The van der Waals surface area contributed by atoms with Crippen molar-refractivity contribution in [2.45, 2.75) is 12.8 Å². The standard InChI is InChI=1S/C22H20ClF2N5O3/c1-33-19-9-13(14(23)11-26-19)17-10-18(29-28-17)22(32)30-7-5-12(6-8-30)21(31)27-16-4-2-3-15(24)20(16)25/h2-4,9-12H,5-8H2,1H3,(H,27,31)(H,28,29). The van der Waals surface area contributed by atoms with E-state index in [9.17, 15) is 18.4 Å². The molecule has 1 aliphatic heterocycles. The number of ether oxygens (including phenoxy) is 1. The summed E-state index contributed by atoms with van der Waals surface area (Å²) >= 11 is 6.20. The van der Waals surface area contributed by atoms with Gasteiger partial charge in [-0.05, 0) is 31.0 Å². The zero-order chi connectivity index (χ0) is 23.5. The third kappa shape index (κ3) is 4.80. The van der Waals surface area contributed by atoms with Gasteiger partial charge in [-0.25, -0.2) is 13.8 Å². The van der Waals surface area contributed by atoms with Crippen LogP contribution in [-0.2, 0) is 4.79 Å². The summed E-state index contributed by atoms with van der Waals surface area (Å²) in [6, 6.07) is 6.83. The number of nitrogens with one attached hydrogen (secondary N) is 2. The molecule has 1 aliphatic rings. The first-order chi connectivity index (χ1) is 15.9. The summed E-state index contributed by atoms with van der Waals surface area (Å²) < 4.78 is 32.3. The monoisotopic (exact) mass is 475 g/mol. The van der Waals surface area contributed by atoms with Crippen molar-refractivity contribution < 1.29 is 23.1 Å². The summed E-state index contributed by atoms with van der Waals surface area (Å²) in [6.45, 7) is 0.656. The summed E-state index contributed by atoms with van der Waals surface area (Å²) in [5, 5.41) is 9.71. The van der Waals surface area contributed by atoms with Gasteiger partial charge in [0.2, 0.25) is 11.8 Å². The number of benzene rings is 1. The van der Waals surface area contributed by atoms with Crippen molar-refractivity contribution in [1.82, 2.24) is 20.1 Å². The second-order valence-corrected chi connectivity index (χ2v) is 7.94. The summed E-state index contributed by atoms with van der Waals surface area (Å²) in [6.07, 6.45) is 2.22. The first-order valence-electron chi connectivity index (χ1n) is 10.2. The lowest BCUT2D eigenvalue weighted by Crippen LogP contribution is -2.41. The molecule has 0 spiro atoms. The fourth-order valence-electron chi connectivity index (χ4n) is 3.65. The van der Waals surface area contributed by atoms with Crippen molar-refractivity contribution in [1.29, 1.82) is 0 Å². The van der Waals surface area contributed by atoms with Crippen molar-refractivity contribution in [2.24, 2.45) is 5.92 Å². The van der Waals surface area contributed by atoms with E-state index in [1.165, 1.54) is 25.4 Å². The van der Waals surface area contributed by atoms with Crippen LogP contribution in [0, 0.1) is 17.6 Å². The van der Waals surface area contributed by atoms with Gasteiger partial charge >= 0.3 is 0 Å². The minimum Gasteiger partial charge on any atom is -0.481 e. The van der Waals surface area contributed by atoms with E-state index < -0.39 is 23.5 Å². The number of likely N-dealkylation sites (tertiary alicyclic amines) is 1. The lowest BCUT2D eigenvalue weighted by Gasteiger charge is -2.30. The fourth-order valence-corrected chi connectivity index (χ4v) is 3.85. The third-order valence-corrected chi connectivity index (χ3v) is 5.79. The van der Waals surface area contributed by atoms with Crippen LogP contribution in [-0.4, -0.2) is 52.1 Å². The molecular formula is C22H20ClF2N5O3. The van der Waals surface area contributed by atoms with Crippen LogP contribution in [0.1, 0.15) is 23.3 Å². The fraction of sp³-hybridized carbons (Fsp3) is 0.273. The van der Waals surface area contributed by atoms with Gasteiger partial charge in [-0.1, -0.05) is 17.7 Å². The van der Waals surface area contributed by atoms with Gasteiger partial charge in [-0.15, -0.1) is 0 Å². The number of hydrogen-bond donors (Lipinski definition) is 2. The number of halogens is 3. The molecule has 8 nitrogen and oxygen atoms in total. The van der Waals surface area contributed by atoms with Gasteiger partial charge in [0.1, 0.15) is 0 Å². The van der Waals surface area contributed by atoms with E-state index in [1.807, 2.05) is 0 Å². The van der Waals surface area contributed by atoms with Crippen LogP contribution in [0.2, 0.25) is 5.02 Å². The van der Waals surface area contributed by atoms with Crippen LogP contribution in [0.5, 0.6) is 5.88 Å². The molecule has 1 fully saturated rings. The van der Waals surface area contributed by atoms with Crippen molar-refractivity contribution in [3.05, 3.63) is 58.9 Å². The van der Waals surface area contributed by atoms with Gasteiger partial charge in [0, 0.05) is 30.6 Å². The van der Waals surface area contributed by atoms with Crippen molar-refractivity contribution in [2.75, 3.05) is 25.5 Å². The van der Waals surface area contributed by atoms with Crippen molar-refractivity contribution in [3.63, 3.8) is 0 Å². The first kappa shape index (κ1) is 22.7. The minimum atomic E-state index is -1.10. The maximum absolute atomic E-state index is 13.8. The molecule has 33 heavy (non-hydrogen) atoms. The van der Waals surface area contributed by atoms with Crippen LogP contribution < -0.4 is 10.1 Å². The largest absolute Gasteiger partial charge is 0.481 e. The normalized spacial score (nSPS) is 14.2.